The van der Waals surface area contributed by atoms with Gasteiger partial charge in [0.15, 0.2) is 5.82 Å². The topological polar surface area (TPSA) is 119 Å². The van der Waals surface area contributed by atoms with Crippen molar-refractivity contribution in [3.63, 3.8) is 0 Å². The first-order valence-electron chi connectivity index (χ1n) is 11.5. The number of phenols is 1. The van der Waals surface area contributed by atoms with Gasteiger partial charge in [0.05, 0.1) is 24.2 Å². The molecule has 2 aromatic heterocycles. The molecule has 1 aromatic carbocycles. The lowest BCUT2D eigenvalue weighted by Gasteiger charge is -2.26. The number of carbonyl (C=O) groups excluding carboxylic acids is 1. The van der Waals surface area contributed by atoms with Gasteiger partial charge in [-0.15, -0.1) is 0 Å². The van der Waals surface area contributed by atoms with Gasteiger partial charge in [-0.25, -0.2) is 14.8 Å². The molecule has 0 radical (unpaired) electrons. The number of carbonyl (C=O) groups is 1. The van der Waals surface area contributed by atoms with E-state index >= 15 is 0 Å². The number of aryl methyl sites for hydroxylation is 2. The molecule has 1 fully saturated rings. The second-order valence-electron chi connectivity index (χ2n) is 8.22. The normalized spacial score (nSPS) is 14.3. The average Bonchev–Trinajstić information content (AvgIpc) is 3.17. The van der Waals surface area contributed by atoms with Gasteiger partial charge in [0, 0.05) is 38.0 Å². The molecule has 0 bridgehead atoms. The van der Waals surface area contributed by atoms with Crippen LogP contribution >= 0.6 is 0 Å². The van der Waals surface area contributed by atoms with Crippen LogP contribution in [0.5, 0.6) is 5.75 Å². The Balaban J connectivity index is 1.50. The number of aromatic nitrogens is 3. The van der Waals surface area contributed by atoms with Gasteiger partial charge in [-0.1, -0.05) is 13.3 Å². The first-order valence-corrected chi connectivity index (χ1v) is 11.5. The van der Waals surface area contributed by atoms with E-state index in [4.69, 9.17) is 15.5 Å². The number of nitrogens with two attached hydrogens (primary N) is 1. The van der Waals surface area contributed by atoms with Crippen LogP contribution in [0.2, 0.25) is 0 Å². The fourth-order valence-corrected chi connectivity index (χ4v) is 4.18. The molecular formula is C23H32N6O3. The number of nitrogen functional groups attached to an aromatic ring is 1. The summed E-state index contributed by atoms with van der Waals surface area (Å²) in [6.07, 6.45) is 4.71. The lowest BCUT2D eigenvalue weighted by molar-refractivity contribution is 0.0532. The van der Waals surface area contributed by atoms with Gasteiger partial charge in [-0.2, -0.15) is 0 Å². The molecular weight excluding hydrogens is 408 g/mol. The van der Waals surface area contributed by atoms with Crippen LogP contribution in [0.1, 0.15) is 38.4 Å². The molecule has 4 N–H and O–H groups in total. The predicted octanol–water partition coefficient (Wildman–Crippen LogP) is 3.04. The summed E-state index contributed by atoms with van der Waals surface area (Å²) in [4.78, 5) is 23.4. The fourth-order valence-electron chi connectivity index (χ4n) is 4.18. The van der Waals surface area contributed by atoms with Crippen molar-refractivity contribution in [1.29, 1.82) is 0 Å². The molecule has 4 rings (SSSR count). The minimum Gasteiger partial charge on any atom is -0.508 e. The van der Waals surface area contributed by atoms with E-state index in [0.29, 0.717) is 44.2 Å². The lowest BCUT2D eigenvalue weighted by Crippen LogP contribution is -2.46. The number of phenolic OH excluding ortho intramolecular Hbond substituents is 1. The third-order valence-corrected chi connectivity index (χ3v) is 5.90. The summed E-state index contributed by atoms with van der Waals surface area (Å²) < 4.78 is 7.51. The fraction of sp³-hybridized carbons (Fsp3) is 0.522. The van der Waals surface area contributed by atoms with Gasteiger partial charge in [0.1, 0.15) is 17.1 Å². The van der Waals surface area contributed by atoms with Crippen LogP contribution in [0, 0.1) is 0 Å². The number of rotatable bonds is 8. The lowest BCUT2D eigenvalue weighted by atomic mass is 10.1. The molecule has 0 saturated carbocycles. The second kappa shape index (κ2) is 10.0. The second-order valence-corrected chi connectivity index (χ2v) is 8.22. The number of pyridine rings is 1. The minimum absolute atomic E-state index is 0.0228. The van der Waals surface area contributed by atoms with Gasteiger partial charge in [-0.05, 0) is 37.5 Å². The Morgan fingerprint density at radius 1 is 1.22 bits per heavy atom. The first-order chi connectivity index (χ1) is 15.6. The zero-order chi connectivity index (χ0) is 22.5. The van der Waals surface area contributed by atoms with E-state index in [9.17, 15) is 9.90 Å². The maximum absolute atomic E-state index is 12.3. The summed E-state index contributed by atoms with van der Waals surface area (Å²) in [5, 5.41) is 13.9. The van der Waals surface area contributed by atoms with Crippen LogP contribution < -0.4 is 11.1 Å². The number of nitrogens with zero attached hydrogens (tertiary/aromatic N) is 4. The molecule has 0 spiro atoms. The van der Waals surface area contributed by atoms with Crippen LogP contribution in [0.25, 0.3) is 21.9 Å². The molecule has 172 valence electrons. The Morgan fingerprint density at radius 3 is 2.81 bits per heavy atom. The van der Waals surface area contributed by atoms with E-state index in [1.807, 2.05) is 0 Å². The Hall–Kier alpha value is -3.07. The highest BCUT2D eigenvalue weighted by Crippen LogP contribution is 2.31. The number of urea groups is 1. The van der Waals surface area contributed by atoms with E-state index in [1.165, 1.54) is 0 Å². The van der Waals surface area contributed by atoms with Crippen molar-refractivity contribution in [2.45, 2.75) is 45.6 Å². The summed E-state index contributed by atoms with van der Waals surface area (Å²) in [7, 11) is 0. The third kappa shape index (κ3) is 4.72. The zero-order valence-electron chi connectivity index (χ0n) is 18.6. The van der Waals surface area contributed by atoms with E-state index in [1.54, 1.807) is 23.1 Å². The van der Waals surface area contributed by atoms with Crippen LogP contribution in [-0.2, 0) is 17.7 Å². The van der Waals surface area contributed by atoms with Crippen molar-refractivity contribution in [3.05, 3.63) is 24.0 Å². The molecule has 1 aliphatic heterocycles. The molecule has 3 aromatic rings. The highest BCUT2D eigenvalue weighted by molar-refractivity contribution is 6.07. The summed E-state index contributed by atoms with van der Waals surface area (Å²) in [6, 6.07) is 5.11. The van der Waals surface area contributed by atoms with Crippen molar-refractivity contribution < 1.29 is 14.6 Å². The smallest absolute Gasteiger partial charge is 0.317 e. The summed E-state index contributed by atoms with van der Waals surface area (Å²) in [5.41, 5.74) is 8.60. The predicted molar refractivity (Wildman–Crippen MR) is 125 cm³/mol. The Bertz CT molecular complexity index is 1090. The monoisotopic (exact) mass is 440 g/mol. The maximum Gasteiger partial charge on any atom is 0.317 e. The Labute approximate surface area is 187 Å². The highest BCUT2D eigenvalue weighted by atomic mass is 16.5. The standard InChI is InChI=1S/C23H32N6O3/c1-2-3-6-19-27-20-21(17-15-16(30)7-8-18(17)26-22(20)24)29(19)10-5-4-9-25-23(31)28-11-13-32-14-12-28/h7-8,15,30H,2-6,9-14H2,1H3,(H2,24,26)(H,25,31). The van der Waals surface area contributed by atoms with Gasteiger partial charge in [0.2, 0.25) is 0 Å². The molecule has 9 nitrogen and oxygen atoms in total. The number of anilines is 1. The molecule has 1 saturated heterocycles. The molecule has 0 aliphatic carbocycles. The maximum atomic E-state index is 12.3. The van der Waals surface area contributed by atoms with Gasteiger partial charge in [0.25, 0.3) is 0 Å². The molecule has 32 heavy (non-hydrogen) atoms. The molecule has 1 aliphatic rings. The van der Waals surface area contributed by atoms with Crippen LogP contribution in [-0.4, -0.2) is 63.4 Å². The zero-order valence-corrected chi connectivity index (χ0v) is 18.6. The SMILES string of the molecule is CCCCc1nc2c(N)nc3ccc(O)cc3c2n1CCCCNC(=O)N1CCOCC1. The number of morpholine rings is 1. The average molecular weight is 441 g/mol. The van der Waals surface area contributed by atoms with E-state index in [-0.39, 0.29) is 11.8 Å². The van der Waals surface area contributed by atoms with Crippen molar-refractivity contribution >= 4 is 33.8 Å². The van der Waals surface area contributed by atoms with Crippen molar-refractivity contribution in [2.75, 3.05) is 38.6 Å². The molecule has 0 atom stereocenters. The number of imidazole rings is 1. The van der Waals surface area contributed by atoms with Crippen LogP contribution in [0.4, 0.5) is 10.6 Å². The van der Waals surface area contributed by atoms with Crippen LogP contribution in [0.15, 0.2) is 18.2 Å². The highest BCUT2D eigenvalue weighted by Gasteiger charge is 2.18. The Kier molecular flexibility index (Phi) is 6.94. The number of benzene rings is 1. The van der Waals surface area contributed by atoms with E-state index in [0.717, 1.165) is 60.9 Å². The largest absolute Gasteiger partial charge is 0.508 e. The number of fused-ring (bicyclic) bond motifs is 3. The number of aromatic hydroxyl groups is 1. The summed E-state index contributed by atoms with van der Waals surface area (Å²) in [6.45, 7) is 6.03. The Morgan fingerprint density at radius 2 is 2.03 bits per heavy atom. The quantitative estimate of drug-likeness (QED) is 0.463. The number of unbranched alkanes of at least 4 members (excludes halogenated alkanes) is 2. The molecule has 9 heteroatoms. The molecule has 2 amide bonds. The number of amides is 2. The summed E-state index contributed by atoms with van der Waals surface area (Å²) in [5.74, 6) is 1.59. The van der Waals surface area contributed by atoms with Gasteiger partial charge in [-0.3, -0.25) is 0 Å². The number of ether oxygens (including phenoxy) is 1. The number of nitrogens with one attached hydrogen (secondary N) is 1. The number of hydrogen-bond acceptors (Lipinski definition) is 6. The number of hydrogen-bond donors (Lipinski definition) is 3. The van der Waals surface area contributed by atoms with Gasteiger partial charge >= 0.3 is 6.03 Å². The van der Waals surface area contributed by atoms with E-state index < -0.39 is 0 Å². The minimum atomic E-state index is -0.0228. The van der Waals surface area contributed by atoms with Gasteiger partial charge < -0.3 is 30.4 Å². The third-order valence-electron chi connectivity index (χ3n) is 5.90. The van der Waals surface area contributed by atoms with Crippen molar-refractivity contribution in [1.82, 2.24) is 24.8 Å². The van der Waals surface area contributed by atoms with Crippen LogP contribution in [0.3, 0.4) is 0 Å². The summed E-state index contributed by atoms with van der Waals surface area (Å²) >= 11 is 0. The van der Waals surface area contributed by atoms with Crippen molar-refractivity contribution in [2.24, 2.45) is 0 Å². The molecule has 3 heterocycles. The van der Waals surface area contributed by atoms with Crippen molar-refractivity contribution in [3.8, 4) is 5.75 Å². The molecule has 0 unspecified atom stereocenters. The first kappa shape index (κ1) is 22.1. The van der Waals surface area contributed by atoms with E-state index in [2.05, 4.69) is 21.8 Å².